The molecular formula is C12H20N2O6. The predicted octanol–water partition coefficient (Wildman–Crippen LogP) is 0.173. The third-order valence-corrected chi connectivity index (χ3v) is 3.03. The molecular weight excluding hydrogens is 268 g/mol. The van der Waals surface area contributed by atoms with Gasteiger partial charge in [-0.1, -0.05) is 12.8 Å². The Kier molecular flexibility index (Phi) is 6.78. The third kappa shape index (κ3) is 6.37. The summed E-state index contributed by atoms with van der Waals surface area (Å²) in [6.07, 6.45) is 3.97. The Morgan fingerprint density at radius 3 is 2.40 bits per heavy atom. The maximum atomic E-state index is 11.4. The van der Waals surface area contributed by atoms with Crippen LogP contribution in [0.2, 0.25) is 0 Å². The van der Waals surface area contributed by atoms with Crippen molar-refractivity contribution in [1.82, 2.24) is 10.6 Å². The zero-order valence-electron chi connectivity index (χ0n) is 11.1. The summed E-state index contributed by atoms with van der Waals surface area (Å²) < 4.78 is 5.52. The van der Waals surface area contributed by atoms with Crippen molar-refractivity contribution >= 4 is 18.0 Å². The first-order valence-corrected chi connectivity index (χ1v) is 6.59. The van der Waals surface area contributed by atoms with Crippen molar-refractivity contribution in [1.29, 1.82) is 0 Å². The molecule has 4 N–H and O–H groups in total. The highest BCUT2D eigenvalue weighted by atomic mass is 16.5. The first-order chi connectivity index (χ1) is 9.49. The van der Waals surface area contributed by atoms with Gasteiger partial charge in [0.05, 0.1) is 19.1 Å². The van der Waals surface area contributed by atoms with Crippen LogP contribution in [0.3, 0.4) is 0 Å². The van der Waals surface area contributed by atoms with E-state index >= 15 is 0 Å². The van der Waals surface area contributed by atoms with Crippen LogP contribution in [-0.2, 0) is 14.3 Å². The smallest absolute Gasteiger partial charge is 0.326 e. The second kappa shape index (κ2) is 8.36. The molecule has 1 rings (SSSR count). The Balaban J connectivity index is 2.17. The van der Waals surface area contributed by atoms with Gasteiger partial charge in [-0.05, 0) is 12.8 Å². The fourth-order valence-electron chi connectivity index (χ4n) is 2.03. The lowest BCUT2D eigenvalue weighted by atomic mass is 10.2. The van der Waals surface area contributed by atoms with Crippen molar-refractivity contribution in [2.45, 2.75) is 44.2 Å². The van der Waals surface area contributed by atoms with Crippen molar-refractivity contribution in [3.63, 3.8) is 0 Å². The number of aliphatic carboxylic acids is 2. The molecule has 0 aliphatic heterocycles. The van der Waals surface area contributed by atoms with Crippen molar-refractivity contribution < 1.29 is 29.3 Å². The molecule has 1 aliphatic carbocycles. The number of urea groups is 1. The molecule has 8 heteroatoms. The highest BCUT2D eigenvalue weighted by Crippen LogP contribution is 2.20. The van der Waals surface area contributed by atoms with Gasteiger partial charge < -0.3 is 25.6 Å². The van der Waals surface area contributed by atoms with Gasteiger partial charge in [-0.2, -0.15) is 0 Å². The lowest BCUT2D eigenvalue weighted by Crippen LogP contribution is -2.47. The fraction of sp³-hybridized carbons (Fsp3) is 0.750. The second-order valence-corrected chi connectivity index (χ2v) is 4.67. The number of carboxylic acids is 2. The lowest BCUT2D eigenvalue weighted by Gasteiger charge is -2.14. The Hall–Kier alpha value is -1.83. The van der Waals surface area contributed by atoms with E-state index in [2.05, 4.69) is 10.6 Å². The van der Waals surface area contributed by atoms with Crippen LogP contribution in [0.1, 0.15) is 32.1 Å². The Labute approximate surface area is 116 Å². The largest absolute Gasteiger partial charge is 0.481 e. The summed E-state index contributed by atoms with van der Waals surface area (Å²) in [5, 5.41) is 21.8. The van der Waals surface area contributed by atoms with Crippen LogP contribution >= 0.6 is 0 Å². The Morgan fingerprint density at radius 1 is 1.20 bits per heavy atom. The molecule has 0 aromatic rings. The van der Waals surface area contributed by atoms with Gasteiger partial charge in [-0.15, -0.1) is 0 Å². The number of rotatable bonds is 8. The number of amides is 2. The number of hydrogen-bond acceptors (Lipinski definition) is 4. The van der Waals surface area contributed by atoms with Crippen LogP contribution in [0.4, 0.5) is 4.79 Å². The minimum atomic E-state index is -1.44. The van der Waals surface area contributed by atoms with Gasteiger partial charge in [-0.25, -0.2) is 9.59 Å². The quantitative estimate of drug-likeness (QED) is 0.472. The standard InChI is InChI=1S/C12H20N2O6/c15-10(16)7-9(11(17)18)14-12(19)13-5-6-20-8-3-1-2-4-8/h8-9H,1-7H2,(H,15,16)(H,17,18)(H2,13,14,19). The summed E-state index contributed by atoms with van der Waals surface area (Å²) in [7, 11) is 0. The van der Waals surface area contributed by atoms with Gasteiger partial charge in [0.15, 0.2) is 0 Å². The van der Waals surface area contributed by atoms with Crippen LogP contribution in [0.5, 0.6) is 0 Å². The number of carbonyl (C=O) groups is 3. The molecule has 2 amide bonds. The summed E-state index contributed by atoms with van der Waals surface area (Å²) in [4.78, 5) is 32.6. The zero-order chi connectivity index (χ0) is 15.0. The normalized spacial score (nSPS) is 16.6. The number of carboxylic acid groups (broad SMARTS) is 2. The van der Waals surface area contributed by atoms with E-state index in [4.69, 9.17) is 14.9 Å². The van der Waals surface area contributed by atoms with Crippen molar-refractivity contribution in [2.24, 2.45) is 0 Å². The molecule has 0 radical (unpaired) electrons. The molecule has 0 heterocycles. The summed E-state index contributed by atoms with van der Waals surface area (Å²) in [6, 6.07) is -2.16. The molecule has 0 aromatic carbocycles. The van der Waals surface area contributed by atoms with E-state index in [1.807, 2.05) is 0 Å². The highest BCUT2D eigenvalue weighted by molar-refractivity contribution is 5.86. The molecule has 1 saturated carbocycles. The van der Waals surface area contributed by atoms with Crippen LogP contribution in [0.15, 0.2) is 0 Å². The molecule has 1 fully saturated rings. The topological polar surface area (TPSA) is 125 Å². The summed E-state index contributed by atoms with van der Waals surface area (Å²) in [5.41, 5.74) is 0. The predicted molar refractivity (Wildman–Crippen MR) is 68.4 cm³/mol. The average molecular weight is 288 g/mol. The second-order valence-electron chi connectivity index (χ2n) is 4.67. The van der Waals surface area contributed by atoms with Gasteiger partial charge in [0.2, 0.25) is 0 Å². The highest BCUT2D eigenvalue weighted by Gasteiger charge is 2.22. The third-order valence-electron chi connectivity index (χ3n) is 3.03. The van der Waals surface area contributed by atoms with E-state index in [1.54, 1.807) is 0 Å². The van der Waals surface area contributed by atoms with Crippen LogP contribution in [-0.4, -0.2) is 53.5 Å². The first-order valence-electron chi connectivity index (χ1n) is 6.59. The molecule has 0 bridgehead atoms. The summed E-state index contributed by atoms with van der Waals surface area (Å²) >= 11 is 0. The van der Waals surface area contributed by atoms with E-state index in [9.17, 15) is 14.4 Å². The average Bonchev–Trinajstić information content (AvgIpc) is 2.86. The maximum Gasteiger partial charge on any atom is 0.326 e. The summed E-state index contributed by atoms with van der Waals surface area (Å²) in [6.45, 7) is 0.608. The Bertz CT molecular complexity index is 354. The van der Waals surface area contributed by atoms with Gasteiger partial charge in [0.1, 0.15) is 6.04 Å². The minimum absolute atomic E-state index is 0.249. The number of hydrogen-bond donors (Lipinski definition) is 4. The van der Waals surface area contributed by atoms with Crippen molar-refractivity contribution in [2.75, 3.05) is 13.2 Å². The van der Waals surface area contributed by atoms with Gasteiger partial charge in [0.25, 0.3) is 0 Å². The molecule has 1 aliphatic rings. The molecule has 8 nitrogen and oxygen atoms in total. The molecule has 114 valence electrons. The molecule has 0 spiro atoms. The zero-order valence-corrected chi connectivity index (χ0v) is 11.1. The summed E-state index contributed by atoms with van der Waals surface area (Å²) in [5.74, 6) is -2.67. The molecule has 1 unspecified atom stereocenters. The maximum absolute atomic E-state index is 11.4. The van der Waals surface area contributed by atoms with Crippen LogP contribution in [0.25, 0.3) is 0 Å². The number of ether oxygens (including phenoxy) is 1. The van der Waals surface area contributed by atoms with E-state index < -0.39 is 30.4 Å². The van der Waals surface area contributed by atoms with Crippen molar-refractivity contribution in [3.8, 4) is 0 Å². The van der Waals surface area contributed by atoms with E-state index in [-0.39, 0.29) is 12.6 Å². The lowest BCUT2D eigenvalue weighted by molar-refractivity contribution is -0.145. The number of carbonyl (C=O) groups excluding carboxylic acids is 1. The van der Waals surface area contributed by atoms with Gasteiger partial charge in [-0.3, -0.25) is 4.79 Å². The minimum Gasteiger partial charge on any atom is -0.481 e. The van der Waals surface area contributed by atoms with Gasteiger partial charge in [0, 0.05) is 6.54 Å². The van der Waals surface area contributed by atoms with Crippen LogP contribution in [0, 0.1) is 0 Å². The van der Waals surface area contributed by atoms with E-state index in [0.29, 0.717) is 6.61 Å². The number of nitrogens with one attached hydrogen (secondary N) is 2. The van der Waals surface area contributed by atoms with Crippen LogP contribution < -0.4 is 10.6 Å². The first kappa shape index (κ1) is 16.2. The molecule has 0 aromatic heterocycles. The molecule has 1 atom stereocenters. The fourth-order valence-corrected chi connectivity index (χ4v) is 2.03. The van der Waals surface area contributed by atoms with E-state index in [0.717, 1.165) is 25.7 Å². The van der Waals surface area contributed by atoms with E-state index in [1.165, 1.54) is 0 Å². The van der Waals surface area contributed by atoms with Crippen molar-refractivity contribution in [3.05, 3.63) is 0 Å². The molecule has 20 heavy (non-hydrogen) atoms. The molecule has 0 saturated heterocycles. The monoisotopic (exact) mass is 288 g/mol. The Morgan fingerprint density at radius 2 is 1.85 bits per heavy atom. The van der Waals surface area contributed by atoms with Gasteiger partial charge >= 0.3 is 18.0 Å². The SMILES string of the molecule is O=C(O)CC(NC(=O)NCCOC1CCCC1)C(=O)O.